The highest BCUT2D eigenvalue weighted by Crippen LogP contribution is 2.24. The topological polar surface area (TPSA) is 96.7 Å². The van der Waals surface area contributed by atoms with Gasteiger partial charge in [0.05, 0.1) is 29.3 Å². The summed E-state index contributed by atoms with van der Waals surface area (Å²) in [6, 6.07) is 0. The SMILES string of the molecule is CC1=CCC(/C(C)=C/c2csc(C)n2)OC(=O)C[C@H](O)C(C)C(=O)[C@H](C)[C@@H](O)[C@@H](C)CC=C1. The van der Waals surface area contributed by atoms with Crippen molar-refractivity contribution < 1.29 is 24.5 Å². The summed E-state index contributed by atoms with van der Waals surface area (Å²) in [5.74, 6) is -2.36. The van der Waals surface area contributed by atoms with Gasteiger partial charge in [0.15, 0.2) is 0 Å². The second-order valence-corrected chi connectivity index (χ2v) is 10.3. The Morgan fingerprint density at radius 1 is 1.15 bits per heavy atom. The number of thiazole rings is 1. The number of aliphatic hydroxyl groups is 2. The van der Waals surface area contributed by atoms with Gasteiger partial charge in [-0.15, -0.1) is 11.3 Å². The molecule has 33 heavy (non-hydrogen) atoms. The fraction of sp³-hybridized carbons (Fsp3) is 0.577. The summed E-state index contributed by atoms with van der Waals surface area (Å²) in [5, 5.41) is 24.1. The quantitative estimate of drug-likeness (QED) is 0.604. The van der Waals surface area contributed by atoms with Crippen LogP contribution in [-0.2, 0) is 14.3 Å². The van der Waals surface area contributed by atoms with Crippen LogP contribution in [0.15, 0.2) is 34.8 Å². The minimum absolute atomic E-state index is 0.116. The van der Waals surface area contributed by atoms with Crippen LogP contribution in [0.5, 0.6) is 0 Å². The number of Topliss-reactive ketones (excluding diaryl/α,β-unsaturated/α-hetero) is 1. The Kier molecular flexibility index (Phi) is 10.2. The van der Waals surface area contributed by atoms with Gasteiger partial charge in [0, 0.05) is 23.6 Å². The minimum atomic E-state index is -1.17. The summed E-state index contributed by atoms with van der Waals surface area (Å²) >= 11 is 1.55. The summed E-state index contributed by atoms with van der Waals surface area (Å²) in [6.07, 6.45) is 6.20. The highest BCUT2D eigenvalue weighted by molar-refractivity contribution is 7.09. The molecule has 0 radical (unpaired) electrons. The van der Waals surface area contributed by atoms with E-state index in [2.05, 4.69) is 4.98 Å². The lowest BCUT2D eigenvalue weighted by molar-refractivity contribution is -0.151. The number of hydrogen-bond donors (Lipinski definition) is 2. The number of cyclic esters (lactones) is 1. The van der Waals surface area contributed by atoms with Gasteiger partial charge in [-0.25, -0.2) is 4.98 Å². The molecule has 0 amide bonds. The van der Waals surface area contributed by atoms with E-state index in [1.54, 1.807) is 25.2 Å². The van der Waals surface area contributed by atoms with E-state index in [4.69, 9.17) is 4.74 Å². The molecule has 2 N–H and O–H groups in total. The first-order valence-electron chi connectivity index (χ1n) is 11.5. The zero-order chi connectivity index (χ0) is 24.7. The van der Waals surface area contributed by atoms with E-state index in [1.807, 2.05) is 57.4 Å². The smallest absolute Gasteiger partial charge is 0.309 e. The maximum absolute atomic E-state index is 12.8. The van der Waals surface area contributed by atoms with E-state index in [0.29, 0.717) is 12.8 Å². The molecule has 0 saturated heterocycles. The number of allylic oxidation sites excluding steroid dienone is 3. The van der Waals surface area contributed by atoms with Gasteiger partial charge < -0.3 is 14.9 Å². The Bertz CT molecular complexity index is 916. The van der Waals surface area contributed by atoms with Crippen molar-refractivity contribution in [2.24, 2.45) is 17.8 Å². The van der Waals surface area contributed by atoms with Crippen molar-refractivity contribution in [3.05, 3.63) is 45.5 Å². The van der Waals surface area contributed by atoms with Gasteiger partial charge in [0.1, 0.15) is 11.9 Å². The Balaban J connectivity index is 2.32. The summed E-state index contributed by atoms with van der Waals surface area (Å²) in [6.45, 7) is 11.0. The largest absolute Gasteiger partial charge is 0.457 e. The zero-order valence-corrected chi connectivity index (χ0v) is 21.3. The summed E-state index contributed by atoms with van der Waals surface area (Å²) in [5.41, 5.74) is 2.69. The van der Waals surface area contributed by atoms with Gasteiger partial charge in [-0.2, -0.15) is 0 Å². The third kappa shape index (κ3) is 8.02. The molecular formula is C26H37NO5S. The Morgan fingerprint density at radius 2 is 1.85 bits per heavy atom. The van der Waals surface area contributed by atoms with Gasteiger partial charge in [-0.3, -0.25) is 9.59 Å². The third-order valence-corrected chi connectivity index (χ3v) is 7.07. The molecule has 7 heteroatoms. The first-order chi connectivity index (χ1) is 15.5. The highest BCUT2D eigenvalue weighted by atomic mass is 32.1. The summed E-state index contributed by atoms with van der Waals surface area (Å²) in [4.78, 5) is 29.9. The van der Waals surface area contributed by atoms with Crippen molar-refractivity contribution in [2.75, 3.05) is 0 Å². The van der Waals surface area contributed by atoms with Crippen molar-refractivity contribution >= 4 is 29.2 Å². The lowest BCUT2D eigenvalue weighted by Gasteiger charge is -2.27. The van der Waals surface area contributed by atoms with Gasteiger partial charge in [-0.1, -0.05) is 44.6 Å². The average molecular weight is 476 g/mol. The van der Waals surface area contributed by atoms with Crippen molar-refractivity contribution in [3.8, 4) is 0 Å². The molecule has 0 fully saturated rings. The number of ketones is 1. The van der Waals surface area contributed by atoms with Gasteiger partial charge in [0.25, 0.3) is 0 Å². The monoisotopic (exact) mass is 475 g/mol. The number of aliphatic hydroxyl groups excluding tert-OH is 2. The summed E-state index contributed by atoms with van der Waals surface area (Å²) < 4.78 is 5.74. The molecule has 0 spiro atoms. The minimum Gasteiger partial charge on any atom is -0.457 e. The number of aryl methyl sites for hydroxylation is 1. The predicted octanol–water partition coefficient (Wildman–Crippen LogP) is 4.65. The first kappa shape index (κ1) is 27.2. The van der Waals surface area contributed by atoms with Crippen molar-refractivity contribution in [1.82, 2.24) is 4.98 Å². The van der Waals surface area contributed by atoms with Crippen LogP contribution < -0.4 is 0 Å². The molecule has 0 aromatic carbocycles. The van der Waals surface area contributed by atoms with Crippen LogP contribution in [0.1, 0.15) is 64.6 Å². The standard InChI is InChI=1S/C26H37NO5S/c1-15-8-7-9-16(2)25(30)19(5)26(31)18(4)22(28)13-24(29)32-23(11-10-15)17(3)12-21-14-33-20(6)27-21/h7-8,10,12,14,16,18-19,22-23,25,28,30H,9,11,13H2,1-6H3/b8-7?,15-10?,17-12+/t16-,18?,19+,22-,23?,25-/m0/s1. The Labute approximate surface area is 201 Å². The molecular weight excluding hydrogens is 438 g/mol. The normalized spacial score (nSPS) is 31.3. The number of carbonyl (C=O) groups excluding carboxylic acids is 2. The number of ether oxygens (including phenoxy) is 1. The van der Waals surface area contributed by atoms with Crippen molar-refractivity contribution in [2.45, 2.75) is 79.1 Å². The molecule has 2 heterocycles. The molecule has 1 aliphatic heterocycles. The Morgan fingerprint density at radius 3 is 2.48 bits per heavy atom. The van der Waals surface area contributed by atoms with Crippen molar-refractivity contribution in [1.29, 1.82) is 0 Å². The van der Waals surface area contributed by atoms with E-state index in [-0.39, 0.29) is 18.1 Å². The van der Waals surface area contributed by atoms with E-state index in [9.17, 15) is 19.8 Å². The van der Waals surface area contributed by atoms with Gasteiger partial charge in [-0.05, 0) is 44.8 Å². The number of nitrogens with zero attached hydrogens (tertiary/aromatic N) is 1. The van der Waals surface area contributed by atoms with Crippen LogP contribution in [0, 0.1) is 24.7 Å². The second kappa shape index (κ2) is 12.4. The third-order valence-electron chi connectivity index (χ3n) is 6.28. The number of esters is 1. The molecule has 0 saturated carbocycles. The van der Waals surface area contributed by atoms with Crippen LogP contribution in [0.4, 0.5) is 0 Å². The molecule has 1 aliphatic rings. The molecule has 6 nitrogen and oxygen atoms in total. The van der Waals surface area contributed by atoms with E-state index in [1.165, 1.54) is 0 Å². The molecule has 6 atom stereocenters. The highest BCUT2D eigenvalue weighted by Gasteiger charge is 2.33. The van der Waals surface area contributed by atoms with E-state index < -0.39 is 36.1 Å². The van der Waals surface area contributed by atoms with Crippen LogP contribution in [0.2, 0.25) is 0 Å². The lowest BCUT2D eigenvalue weighted by Crippen LogP contribution is -2.38. The average Bonchev–Trinajstić information content (AvgIpc) is 3.17. The molecule has 182 valence electrons. The fourth-order valence-electron chi connectivity index (χ4n) is 3.89. The van der Waals surface area contributed by atoms with Gasteiger partial charge >= 0.3 is 5.97 Å². The molecule has 0 bridgehead atoms. The molecule has 2 unspecified atom stereocenters. The Hall–Kier alpha value is -2.09. The maximum atomic E-state index is 12.8. The maximum Gasteiger partial charge on any atom is 0.309 e. The van der Waals surface area contributed by atoms with Crippen LogP contribution in [0.25, 0.3) is 6.08 Å². The van der Waals surface area contributed by atoms with Gasteiger partial charge in [0.2, 0.25) is 0 Å². The van der Waals surface area contributed by atoms with Crippen LogP contribution in [0.3, 0.4) is 0 Å². The number of hydrogen-bond acceptors (Lipinski definition) is 7. The molecule has 0 aliphatic carbocycles. The number of carbonyl (C=O) groups is 2. The fourth-order valence-corrected chi connectivity index (χ4v) is 4.46. The number of rotatable bonds is 2. The number of aromatic nitrogens is 1. The first-order valence-corrected chi connectivity index (χ1v) is 12.4. The molecule has 2 rings (SSSR count). The second-order valence-electron chi connectivity index (χ2n) is 9.20. The zero-order valence-electron chi connectivity index (χ0n) is 20.4. The van der Waals surface area contributed by atoms with Crippen LogP contribution >= 0.6 is 11.3 Å². The predicted molar refractivity (Wildman–Crippen MR) is 132 cm³/mol. The molecule has 1 aromatic rings. The molecule has 1 aromatic heterocycles. The van der Waals surface area contributed by atoms with E-state index >= 15 is 0 Å². The van der Waals surface area contributed by atoms with Crippen molar-refractivity contribution in [3.63, 3.8) is 0 Å². The lowest BCUT2D eigenvalue weighted by atomic mass is 9.82. The van der Waals surface area contributed by atoms with Crippen LogP contribution in [-0.4, -0.2) is 45.3 Å². The van der Waals surface area contributed by atoms with E-state index in [0.717, 1.165) is 21.8 Å². The summed E-state index contributed by atoms with van der Waals surface area (Å²) in [7, 11) is 0.